The zero-order valence-electron chi connectivity index (χ0n) is 15.8. The molecule has 0 bridgehead atoms. The van der Waals surface area contributed by atoms with Crippen LogP contribution in [-0.4, -0.2) is 31.7 Å². The first-order valence-corrected chi connectivity index (χ1v) is 8.86. The van der Waals surface area contributed by atoms with Gasteiger partial charge in [-0.15, -0.1) is 0 Å². The molecule has 0 saturated carbocycles. The van der Waals surface area contributed by atoms with Gasteiger partial charge in [0, 0.05) is 36.9 Å². The molecule has 3 aromatic rings. The van der Waals surface area contributed by atoms with E-state index in [0.717, 1.165) is 22.2 Å². The molecule has 0 radical (unpaired) electrons. The quantitative estimate of drug-likeness (QED) is 0.514. The summed E-state index contributed by atoms with van der Waals surface area (Å²) in [5.41, 5.74) is 2.97. The van der Waals surface area contributed by atoms with Gasteiger partial charge in [0.25, 0.3) is 0 Å². The molecule has 1 heterocycles. The molecule has 0 unspecified atom stereocenters. The molecule has 0 spiro atoms. The van der Waals surface area contributed by atoms with E-state index in [9.17, 15) is 0 Å². The van der Waals surface area contributed by atoms with Crippen molar-refractivity contribution < 1.29 is 9.47 Å². The molecule has 27 heavy (non-hydrogen) atoms. The Balaban J connectivity index is 1.72. The lowest BCUT2D eigenvalue weighted by Crippen LogP contribution is -2.30. The molecule has 6 nitrogen and oxygen atoms in total. The number of methoxy groups -OCH3 is 1. The molecule has 0 aliphatic heterocycles. The minimum Gasteiger partial charge on any atom is -0.493 e. The van der Waals surface area contributed by atoms with Crippen LogP contribution in [0.5, 0.6) is 11.5 Å². The van der Waals surface area contributed by atoms with E-state index in [1.54, 1.807) is 14.2 Å². The predicted molar refractivity (Wildman–Crippen MR) is 110 cm³/mol. The number of pyridine rings is 1. The van der Waals surface area contributed by atoms with E-state index >= 15 is 0 Å². The van der Waals surface area contributed by atoms with Crippen molar-refractivity contribution in [2.24, 2.45) is 4.99 Å². The number of anilines is 1. The van der Waals surface area contributed by atoms with E-state index in [-0.39, 0.29) is 0 Å². The Morgan fingerprint density at radius 1 is 1.11 bits per heavy atom. The summed E-state index contributed by atoms with van der Waals surface area (Å²) in [7, 11) is 3.37. The molecule has 0 aliphatic carbocycles. The van der Waals surface area contributed by atoms with Crippen molar-refractivity contribution in [2.75, 3.05) is 26.1 Å². The summed E-state index contributed by atoms with van der Waals surface area (Å²) < 4.78 is 11.0. The van der Waals surface area contributed by atoms with Gasteiger partial charge in [-0.3, -0.25) is 9.98 Å². The highest BCUT2D eigenvalue weighted by Crippen LogP contribution is 2.30. The normalized spacial score (nSPS) is 11.3. The third kappa shape index (κ3) is 4.47. The molecule has 1 aromatic heterocycles. The summed E-state index contributed by atoms with van der Waals surface area (Å²) in [6.45, 7) is 3.13. The van der Waals surface area contributed by atoms with Gasteiger partial charge >= 0.3 is 0 Å². The Hall–Kier alpha value is -3.28. The summed E-state index contributed by atoms with van der Waals surface area (Å²) in [6.07, 6.45) is 1.81. The molecular formula is C21H24N4O2. The fraction of sp³-hybridized carbons (Fsp3) is 0.238. The second kappa shape index (κ2) is 8.89. The predicted octanol–water partition coefficient (Wildman–Crippen LogP) is 3.83. The number of aromatic nitrogens is 1. The number of para-hydroxylation sites is 1. The van der Waals surface area contributed by atoms with Gasteiger partial charge < -0.3 is 20.1 Å². The minimum atomic E-state index is 0.570. The number of aliphatic imine (C=N–C) groups is 1. The van der Waals surface area contributed by atoms with Gasteiger partial charge in [0.2, 0.25) is 0 Å². The van der Waals surface area contributed by atoms with Gasteiger partial charge in [-0.05, 0) is 30.7 Å². The smallest absolute Gasteiger partial charge is 0.195 e. The van der Waals surface area contributed by atoms with Crippen LogP contribution in [0.3, 0.4) is 0 Å². The summed E-state index contributed by atoms with van der Waals surface area (Å²) in [5.74, 6) is 2.06. The van der Waals surface area contributed by atoms with E-state index in [1.165, 1.54) is 0 Å². The van der Waals surface area contributed by atoms with Gasteiger partial charge in [-0.25, -0.2) is 0 Å². The van der Waals surface area contributed by atoms with Crippen LogP contribution < -0.4 is 20.1 Å². The molecule has 0 fully saturated rings. The number of fused-ring (bicyclic) bond motifs is 1. The molecule has 140 valence electrons. The third-order valence-corrected chi connectivity index (χ3v) is 4.11. The SMILES string of the molecule is CCOc1cc(NC(=NC)NCc2cccc3cccnc23)ccc1OC. The molecular weight excluding hydrogens is 340 g/mol. The molecule has 3 rings (SSSR count). The first-order chi connectivity index (χ1) is 13.2. The van der Waals surface area contributed by atoms with Crippen molar-refractivity contribution in [3.63, 3.8) is 0 Å². The topological polar surface area (TPSA) is 67.8 Å². The maximum Gasteiger partial charge on any atom is 0.195 e. The fourth-order valence-corrected chi connectivity index (χ4v) is 2.83. The van der Waals surface area contributed by atoms with E-state index in [1.807, 2.05) is 43.5 Å². The zero-order chi connectivity index (χ0) is 19.1. The lowest BCUT2D eigenvalue weighted by atomic mass is 10.1. The monoisotopic (exact) mass is 364 g/mol. The Kier molecular flexibility index (Phi) is 6.10. The number of nitrogens with one attached hydrogen (secondary N) is 2. The van der Waals surface area contributed by atoms with E-state index < -0.39 is 0 Å². The Labute approximate surface area is 159 Å². The number of guanidine groups is 1. The molecule has 2 aromatic carbocycles. The van der Waals surface area contributed by atoms with E-state index in [0.29, 0.717) is 30.6 Å². The van der Waals surface area contributed by atoms with Crippen molar-refractivity contribution in [1.29, 1.82) is 0 Å². The van der Waals surface area contributed by atoms with Crippen molar-refractivity contribution in [2.45, 2.75) is 13.5 Å². The largest absolute Gasteiger partial charge is 0.493 e. The average Bonchev–Trinajstić information content (AvgIpc) is 2.71. The zero-order valence-corrected chi connectivity index (χ0v) is 15.8. The lowest BCUT2D eigenvalue weighted by Gasteiger charge is -2.15. The second-order valence-electron chi connectivity index (χ2n) is 5.84. The first kappa shape index (κ1) is 18.5. The van der Waals surface area contributed by atoms with Gasteiger partial charge in [-0.1, -0.05) is 24.3 Å². The molecule has 0 aliphatic rings. The Morgan fingerprint density at radius 3 is 2.74 bits per heavy atom. The summed E-state index contributed by atoms with van der Waals surface area (Å²) in [4.78, 5) is 8.79. The number of ether oxygens (including phenoxy) is 2. The highest BCUT2D eigenvalue weighted by atomic mass is 16.5. The molecule has 6 heteroatoms. The number of hydrogen-bond donors (Lipinski definition) is 2. The minimum absolute atomic E-state index is 0.570. The Bertz CT molecular complexity index is 935. The van der Waals surface area contributed by atoms with Gasteiger partial charge in [0.15, 0.2) is 17.5 Å². The van der Waals surface area contributed by atoms with Crippen LogP contribution in [0.25, 0.3) is 10.9 Å². The third-order valence-electron chi connectivity index (χ3n) is 4.11. The molecule has 0 amide bonds. The average molecular weight is 364 g/mol. The summed E-state index contributed by atoms with van der Waals surface area (Å²) in [6, 6.07) is 15.9. The first-order valence-electron chi connectivity index (χ1n) is 8.86. The number of hydrogen-bond acceptors (Lipinski definition) is 4. The van der Waals surface area contributed by atoms with E-state index in [2.05, 4.69) is 38.8 Å². The van der Waals surface area contributed by atoms with Crippen molar-refractivity contribution in [1.82, 2.24) is 10.3 Å². The maximum atomic E-state index is 5.63. The van der Waals surface area contributed by atoms with Crippen LogP contribution in [0.4, 0.5) is 5.69 Å². The van der Waals surface area contributed by atoms with E-state index in [4.69, 9.17) is 9.47 Å². The van der Waals surface area contributed by atoms with Gasteiger partial charge in [0.05, 0.1) is 19.2 Å². The maximum absolute atomic E-state index is 5.63. The number of nitrogens with zero attached hydrogens (tertiary/aromatic N) is 2. The summed E-state index contributed by atoms with van der Waals surface area (Å²) >= 11 is 0. The van der Waals surface area contributed by atoms with Crippen LogP contribution in [0.1, 0.15) is 12.5 Å². The van der Waals surface area contributed by atoms with Crippen LogP contribution in [-0.2, 0) is 6.54 Å². The summed E-state index contributed by atoms with van der Waals surface area (Å²) in [5, 5.41) is 7.73. The molecule has 0 saturated heterocycles. The second-order valence-corrected chi connectivity index (χ2v) is 5.84. The van der Waals surface area contributed by atoms with Crippen molar-refractivity contribution in [3.05, 3.63) is 60.3 Å². The van der Waals surface area contributed by atoms with Crippen LogP contribution in [0.2, 0.25) is 0 Å². The van der Waals surface area contributed by atoms with Crippen LogP contribution >= 0.6 is 0 Å². The highest BCUT2D eigenvalue weighted by molar-refractivity contribution is 5.94. The van der Waals surface area contributed by atoms with Crippen molar-refractivity contribution >= 4 is 22.5 Å². The van der Waals surface area contributed by atoms with Gasteiger partial charge in [0.1, 0.15) is 0 Å². The fourth-order valence-electron chi connectivity index (χ4n) is 2.83. The van der Waals surface area contributed by atoms with Crippen LogP contribution in [0, 0.1) is 0 Å². The van der Waals surface area contributed by atoms with Crippen LogP contribution in [0.15, 0.2) is 59.7 Å². The standard InChI is InChI=1S/C21H24N4O2/c1-4-27-19-13-17(10-11-18(19)26-3)25-21(22-2)24-14-16-8-5-7-15-9-6-12-23-20(15)16/h5-13H,4,14H2,1-3H3,(H2,22,24,25). The Morgan fingerprint density at radius 2 is 1.96 bits per heavy atom. The lowest BCUT2D eigenvalue weighted by molar-refractivity contribution is 0.311. The van der Waals surface area contributed by atoms with Gasteiger partial charge in [-0.2, -0.15) is 0 Å². The number of benzene rings is 2. The number of rotatable bonds is 6. The highest BCUT2D eigenvalue weighted by Gasteiger charge is 2.08. The molecule has 2 N–H and O–H groups in total. The van der Waals surface area contributed by atoms with Crippen molar-refractivity contribution in [3.8, 4) is 11.5 Å². The molecule has 0 atom stereocenters.